The predicted octanol–water partition coefficient (Wildman–Crippen LogP) is 9.23. The molecule has 0 saturated carbocycles. The Morgan fingerprint density at radius 1 is 0.548 bits per heavy atom. The van der Waals surface area contributed by atoms with Gasteiger partial charge in [-0.05, 0) is 0 Å². The Balaban J connectivity index is -0.0000000141. The third-order valence-electron chi connectivity index (χ3n) is 1.59. The summed E-state index contributed by atoms with van der Waals surface area (Å²) in [5.41, 5.74) is 11.5. The van der Waals surface area contributed by atoms with Crippen molar-refractivity contribution in [1.29, 1.82) is 0 Å². The number of nitrogens with one attached hydrogen (secondary N) is 3. The molecular weight excluding hydrogens is 3670 g/mol. The van der Waals surface area contributed by atoms with Crippen molar-refractivity contribution in [2.45, 2.75) is 25.5 Å². The van der Waals surface area contributed by atoms with E-state index >= 15 is 0 Å². The monoisotopic (exact) mass is 3680 g/mol. The van der Waals surface area contributed by atoms with Gasteiger partial charge in [-0.15, -0.1) is 12.3 Å². The number of alkyl halides is 9. The molecule has 0 aromatic heterocycles. The first-order valence-electron chi connectivity index (χ1n) is 6.17. The largest absolute Gasteiger partial charge is 0.698 e. The summed E-state index contributed by atoms with van der Waals surface area (Å²) in [6.07, 6.45) is -19.9. The SMILES string of the molecule is C=C([NH-])C(F)(F)F.CC([NH-])=C(F)F.[CH2-]/C(=C\F)C(F)(F)F.[NH-]C(=C(F)F)C(F)(F)F.[Rf].[Rf].[Rf].[Rf].[Rf].[Rf].[Rf].[Rf].[Rf].[Rf].[Rf].[Rf]. The van der Waals surface area contributed by atoms with Gasteiger partial charge in [-0.1, -0.05) is 24.5 Å². The Bertz CT molecular complexity index is 622. The fraction of sp³-hybridized carbons (Fsp3) is 0.308. The Kier molecular flexibility index (Phi) is 119. The van der Waals surface area contributed by atoms with Gasteiger partial charge in [0.2, 0.25) is 0 Å². The molecule has 3 nitrogen and oxygen atoms in total. The molecule has 0 heterocycles. The maximum Gasteiger partial charge on any atom is 0.401 e. The molecule has 0 atom stereocenters. The van der Waals surface area contributed by atoms with Crippen LogP contribution in [0.2, 0.25) is 0 Å². The molecule has 0 bridgehead atoms. The fourth-order valence-corrected chi connectivity index (χ4v) is 0.169. The summed E-state index contributed by atoms with van der Waals surface area (Å²) in [5, 5.41) is 0. The zero-order valence-corrected chi connectivity index (χ0v) is 99.6. The minimum absolute atomic E-state index is 0. The third-order valence-corrected chi connectivity index (χ3v) is 1.59. The van der Waals surface area contributed by atoms with Crippen LogP contribution in [0.3, 0.4) is 0 Å². The van der Waals surface area contributed by atoms with E-state index in [1.165, 1.54) is 0 Å². The molecule has 0 unspecified atom stereocenters. The van der Waals surface area contributed by atoms with Crippen LogP contribution in [-0.4, -0.2) is 18.5 Å². The predicted molar refractivity (Wildman–Crippen MR) is 79.0 cm³/mol. The van der Waals surface area contributed by atoms with E-state index in [0.717, 1.165) is 6.92 Å². The molecule has 3 N–H and O–H groups in total. The number of allylic oxidation sites excluding steroid dienone is 4. The molecule has 29 heteroatoms. The maximum atomic E-state index is 11.1. The molecule has 0 aliphatic rings. The van der Waals surface area contributed by atoms with Crippen LogP contribution < -0.4 is 0 Å². The van der Waals surface area contributed by atoms with Crippen molar-refractivity contribution >= 4 is 0 Å². The number of hydrogen-bond donors (Lipinski definition) is 0. The molecule has 0 spiro atoms. The summed E-state index contributed by atoms with van der Waals surface area (Å²) < 4.78 is 153. The minimum Gasteiger partial charge on any atom is -0.698 e. The molecule has 0 aromatic rings. The van der Waals surface area contributed by atoms with Crippen molar-refractivity contribution in [2.24, 2.45) is 0 Å². The first kappa shape index (κ1) is 148. The van der Waals surface area contributed by atoms with E-state index < -0.39 is 59.7 Å². The van der Waals surface area contributed by atoms with Crippen LogP contribution in [0, 0.1) is 6.92 Å². The smallest absolute Gasteiger partial charge is 0.401 e. The molecular formula is C13H11F14N3Rf12-4. The van der Waals surface area contributed by atoms with Gasteiger partial charge in [0.15, 0.2) is 0 Å². The van der Waals surface area contributed by atoms with Crippen molar-refractivity contribution < 1.29 is 61.5 Å². The van der Waals surface area contributed by atoms with Crippen LogP contribution in [0.4, 0.5) is 61.5 Å². The summed E-state index contributed by atoms with van der Waals surface area (Å²) in [7, 11) is 0. The zero-order valence-electron chi connectivity index (χ0n) is 22.8. The van der Waals surface area contributed by atoms with Gasteiger partial charge < -0.3 is 21.6 Å². The first-order chi connectivity index (χ1) is 12.9. The van der Waals surface area contributed by atoms with Crippen LogP contribution in [-0.2, 0) is 0 Å². The van der Waals surface area contributed by atoms with Gasteiger partial charge in [0.25, 0.3) is 12.2 Å². The van der Waals surface area contributed by atoms with Gasteiger partial charge in [-0.25, -0.2) is 6.92 Å². The van der Waals surface area contributed by atoms with E-state index in [9.17, 15) is 61.5 Å². The van der Waals surface area contributed by atoms with Crippen molar-refractivity contribution in [2.75, 3.05) is 0 Å². The Hall–Kier alpha value is -14.8. The number of halogens is 14. The van der Waals surface area contributed by atoms with Crippen LogP contribution in [0.25, 0.3) is 17.2 Å². The second kappa shape index (κ2) is 33.8. The molecule has 0 radical (unpaired) electrons. The van der Waals surface area contributed by atoms with Crippen molar-refractivity contribution in [1.82, 2.24) is 0 Å². The van der Waals surface area contributed by atoms with Crippen molar-refractivity contribution in [3.63, 3.8) is 0 Å². The molecule has 204 valence electrons. The van der Waals surface area contributed by atoms with E-state index in [1.807, 2.05) is 0 Å². The maximum absolute atomic E-state index is 11.1. The average molecular weight is 3680 g/mol. The van der Waals surface area contributed by atoms with Gasteiger partial charge in [0.05, 0.1) is 0 Å². The van der Waals surface area contributed by atoms with Gasteiger partial charge in [-0.2, -0.15) is 57.1 Å². The Morgan fingerprint density at radius 3 is 0.738 bits per heavy atom. The van der Waals surface area contributed by atoms with E-state index in [1.54, 1.807) is 0 Å². The molecule has 0 rings (SSSR count). The Morgan fingerprint density at radius 2 is 0.738 bits per heavy atom. The van der Waals surface area contributed by atoms with E-state index in [2.05, 4.69) is 13.5 Å². The molecule has 0 amide bonds. The standard InChI is InChI=1S/C4H3F4.C3HF5N.C3H3F3N.C3H4F2N.12Rf/c1-3(2-5)4(6,7)8;4-2(5)1(9)3(6,7)8;1-2(7)3(4,5)6;1-2(6)3(4)5;;;;;;;;;;;;/h2H,1H2;9H;7H,1H2;6H,1H3;;;;;;;;;;;;/q4*-1;;;;;;;;;;;;/b3-2+;;;;;;;;;;;;;;;. The summed E-state index contributed by atoms with van der Waals surface area (Å²) in [6, 6.07) is 0. The molecule has 0 aliphatic heterocycles. The molecule has 0 aromatic carbocycles. The van der Waals surface area contributed by atoms with Crippen LogP contribution in [0.1, 0.15) is 6.92 Å². The van der Waals surface area contributed by atoms with Crippen LogP contribution in [0.5, 0.6) is 0 Å². The van der Waals surface area contributed by atoms with Crippen LogP contribution in [0.15, 0.2) is 47.7 Å². The summed E-state index contributed by atoms with van der Waals surface area (Å²) in [6.45, 7) is 5.79. The third kappa shape index (κ3) is 84.6. The number of hydrogen-bond acceptors (Lipinski definition) is 0. The number of rotatable bonds is 0. The van der Waals surface area contributed by atoms with Gasteiger partial charge in [-0.3, -0.25) is 0 Å². The second-order valence-electron chi connectivity index (χ2n) is 4.13. The van der Waals surface area contributed by atoms with Crippen molar-refractivity contribution in [3.05, 3.63) is 71.9 Å². The van der Waals surface area contributed by atoms with Gasteiger partial charge in [0.1, 0.15) is 0 Å². The molecule has 0 saturated heterocycles. The topological polar surface area (TPSA) is 71.4 Å². The first-order valence-corrected chi connectivity index (χ1v) is 6.17. The van der Waals surface area contributed by atoms with E-state index in [-0.39, 0.29) is 0 Å². The van der Waals surface area contributed by atoms with Gasteiger partial charge in [0, 0.05) is 5.70 Å². The molecule has 0 fully saturated rings. The summed E-state index contributed by atoms with van der Waals surface area (Å²) in [5.74, 6) is 0. The second-order valence-corrected chi connectivity index (χ2v) is 4.13. The van der Waals surface area contributed by atoms with E-state index in [0.29, 0.717) is 0 Å². The normalized spacial score (nSPS) is 8.12. The molecule has 42 heavy (non-hydrogen) atoms. The molecule has 0 aliphatic carbocycles. The van der Waals surface area contributed by atoms with Crippen LogP contribution >= 0.6 is 0 Å². The quantitative estimate of drug-likeness (QED) is 0.172. The minimum atomic E-state index is -5.22. The van der Waals surface area contributed by atoms with Gasteiger partial charge >= 0.3 is 18.5 Å². The zero-order chi connectivity index (χ0) is 25.7. The fourth-order valence-electron chi connectivity index (χ4n) is 0.169. The average Bonchev–Trinajstić information content (AvgIpc) is 2.52. The summed E-state index contributed by atoms with van der Waals surface area (Å²) >= 11 is 0. The summed E-state index contributed by atoms with van der Waals surface area (Å²) in [4.78, 5) is 0. The Labute approximate surface area is 160 Å². The van der Waals surface area contributed by atoms with Crippen molar-refractivity contribution in [3.8, 4) is 0 Å². The van der Waals surface area contributed by atoms with E-state index in [4.69, 9.17) is 17.2 Å².